The summed E-state index contributed by atoms with van der Waals surface area (Å²) in [6, 6.07) is 3.51. The Balaban J connectivity index is 1.29. The van der Waals surface area contributed by atoms with Gasteiger partial charge in [0.1, 0.15) is 6.04 Å². The van der Waals surface area contributed by atoms with Crippen LogP contribution in [0.2, 0.25) is 0 Å². The van der Waals surface area contributed by atoms with Gasteiger partial charge in [-0.05, 0) is 37.8 Å². The summed E-state index contributed by atoms with van der Waals surface area (Å²) in [6.07, 6.45) is 5.67. The summed E-state index contributed by atoms with van der Waals surface area (Å²) in [5.41, 5.74) is 6.70. The summed E-state index contributed by atoms with van der Waals surface area (Å²) in [5, 5.41) is 2.64. The molecular weight excluding hydrogens is 366 g/mol. The molecule has 1 aromatic rings. The zero-order valence-electron chi connectivity index (χ0n) is 15.7. The number of nitrogens with zero attached hydrogens (tertiary/aromatic N) is 1. The molecule has 2 heterocycles. The van der Waals surface area contributed by atoms with Crippen molar-refractivity contribution in [2.75, 3.05) is 18.4 Å². The van der Waals surface area contributed by atoms with Crippen molar-refractivity contribution in [3.8, 4) is 0 Å². The number of piperidine rings is 1. The molecule has 1 aliphatic carbocycles. The van der Waals surface area contributed by atoms with Crippen molar-refractivity contribution < 1.29 is 18.4 Å². The Morgan fingerprint density at radius 3 is 2.50 bits per heavy atom. The van der Waals surface area contributed by atoms with E-state index in [0.717, 1.165) is 25.0 Å². The third kappa shape index (κ3) is 3.89. The number of carbonyl (C=O) groups is 2. The van der Waals surface area contributed by atoms with E-state index in [1.54, 1.807) is 0 Å². The second-order valence-electron chi connectivity index (χ2n) is 8.04. The van der Waals surface area contributed by atoms with E-state index < -0.39 is 11.6 Å². The quantitative estimate of drug-likeness (QED) is 0.737. The first-order valence-electron chi connectivity index (χ1n) is 10.1. The SMILES string of the molecule is O=C(Nc1ccc(F)c(F)c1)C1CCN(C(=O)C2NNC3CCCCC32)CC1. The molecule has 1 aromatic carbocycles. The van der Waals surface area contributed by atoms with Gasteiger partial charge in [-0.2, -0.15) is 0 Å². The highest BCUT2D eigenvalue weighted by atomic mass is 19.2. The van der Waals surface area contributed by atoms with Crippen molar-refractivity contribution in [1.29, 1.82) is 0 Å². The topological polar surface area (TPSA) is 73.5 Å². The molecule has 2 amide bonds. The average Bonchev–Trinajstić information content (AvgIpc) is 3.14. The monoisotopic (exact) mass is 392 g/mol. The molecule has 3 atom stereocenters. The summed E-state index contributed by atoms with van der Waals surface area (Å²) in [6.45, 7) is 1.06. The van der Waals surface area contributed by atoms with Crippen molar-refractivity contribution in [3.63, 3.8) is 0 Å². The Kier molecular flexibility index (Phi) is 5.59. The van der Waals surface area contributed by atoms with Gasteiger partial charge in [0.2, 0.25) is 11.8 Å². The number of fused-ring (bicyclic) bond motifs is 1. The highest BCUT2D eigenvalue weighted by molar-refractivity contribution is 5.92. The van der Waals surface area contributed by atoms with E-state index in [0.29, 0.717) is 37.9 Å². The van der Waals surface area contributed by atoms with E-state index in [4.69, 9.17) is 0 Å². The maximum atomic E-state index is 13.3. The second-order valence-corrected chi connectivity index (χ2v) is 8.04. The maximum absolute atomic E-state index is 13.3. The standard InChI is InChI=1S/C20H26F2N4O2/c21-15-6-5-13(11-16(15)22)23-19(27)12-7-9-26(10-8-12)20(28)18-14-3-1-2-4-17(14)24-25-18/h5-6,11-12,14,17-18,24-25H,1-4,7-10H2,(H,23,27). The van der Waals surface area contributed by atoms with Crippen LogP contribution >= 0.6 is 0 Å². The van der Waals surface area contributed by atoms with Crippen molar-refractivity contribution in [2.24, 2.45) is 11.8 Å². The molecular formula is C20H26F2N4O2. The van der Waals surface area contributed by atoms with Crippen molar-refractivity contribution >= 4 is 17.5 Å². The van der Waals surface area contributed by atoms with Crippen molar-refractivity contribution in [3.05, 3.63) is 29.8 Å². The van der Waals surface area contributed by atoms with Crippen LogP contribution in [0.15, 0.2) is 18.2 Å². The highest BCUT2D eigenvalue weighted by Crippen LogP contribution is 2.31. The minimum absolute atomic E-state index is 0.112. The first kappa shape index (κ1) is 19.3. The smallest absolute Gasteiger partial charge is 0.241 e. The Morgan fingerprint density at radius 1 is 1.00 bits per heavy atom. The number of halogens is 2. The number of amides is 2. The van der Waals surface area contributed by atoms with E-state index in [-0.39, 0.29) is 29.5 Å². The summed E-state index contributed by atoms with van der Waals surface area (Å²) in [7, 11) is 0. The molecule has 8 heteroatoms. The van der Waals surface area contributed by atoms with Crippen LogP contribution in [0.3, 0.4) is 0 Å². The third-order valence-corrected chi connectivity index (χ3v) is 6.30. The van der Waals surface area contributed by atoms with E-state index in [9.17, 15) is 18.4 Å². The number of hydrogen-bond donors (Lipinski definition) is 3. The summed E-state index contributed by atoms with van der Waals surface area (Å²) < 4.78 is 26.3. The predicted octanol–water partition coefficient (Wildman–Crippen LogP) is 2.18. The Morgan fingerprint density at radius 2 is 1.75 bits per heavy atom. The molecule has 4 rings (SSSR count). The molecule has 28 heavy (non-hydrogen) atoms. The Labute approximate surface area is 163 Å². The lowest BCUT2D eigenvalue weighted by Crippen LogP contribution is -2.51. The van der Waals surface area contributed by atoms with Crippen LogP contribution in [-0.2, 0) is 9.59 Å². The maximum Gasteiger partial charge on any atom is 0.241 e. The van der Waals surface area contributed by atoms with E-state index in [1.165, 1.54) is 18.9 Å². The first-order valence-corrected chi connectivity index (χ1v) is 10.1. The normalized spacial score (nSPS) is 28.1. The largest absolute Gasteiger partial charge is 0.341 e. The Hall–Kier alpha value is -2.06. The van der Waals surface area contributed by atoms with Gasteiger partial charge in [0.15, 0.2) is 11.6 Å². The minimum atomic E-state index is -0.989. The molecule has 152 valence electrons. The molecule has 1 saturated carbocycles. The number of benzene rings is 1. The number of carbonyl (C=O) groups excluding carboxylic acids is 2. The van der Waals surface area contributed by atoms with Crippen LogP contribution in [0, 0.1) is 23.5 Å². The lowest BCUT2D eigenvalue weighted by atomic mass is 9.81. The van der Waals surface area contributed by atoms with Crippen LogP contribution in [0.25, 0.3) is 0 Å². The minimum Gasteiger partial charge on any atom is -0.341 e. The Bertz CT molecular complexity index is 752. The average molecular weight is 392 g/mol. The summed E-state index contributed by atoms with van der Waals surface area (Å²) in [4.78, 5) is 27.2. The number of nitrogens with one attached hydrogen (secondary N) is 3. The zero-order valence-corrected chi connectivity index (χ0v) is 15.7. The molecule has 0 radical (unpaired) electrons. The van der Waals surface area contributed by atoms with Crippen LogP contribution in [0.1, 0.15) is 38.5 Å². The molecule has 6 nitrogen and oxygen atoms in total. The lowest BCUT2D eigenvalue weighted by molar-refractivity contribution is -0.137. The van der Waals surface area contributed by atoms with Crippen LogP contribution in [0.5, 0.6) is 0 Å². The summed E-state index contributed by atoms with van der Waals surface area (Å²) in [5.74, 6) is -1.94. The third-order valence-electron chi connectivity index (χ3n) is 6.30. The number of likely N-dealkylation sites (tertiary alicyclic amines) is 1. The fourth-order valence-corrected chi connectivity index (χ4v) is 4.66. The van der Waals surface area contributed by atoms with Gasteiger partial charge in [-0.1, -0.05) is 12.8 Å². The molecule has 2 aliphatic heterocycles. The van der Waals surface area contributed by atoms with Gasteiger partial charge in [0.25, 0.3) is 0 Å². The van der Waals surface area contributed by atoms with Crippen LogP contribution < -0.4 is 16.2 Å². The molecule has 0 spiro atoms. The van der Waals surface area contributed by atoms with Gasteiger partial charge in [-0.15, -0.1) is 0 Å². The predicted molar refractivity (Wildman–Crippen MR) is 100 cm³/mol. The fourth-order valence-electron chi connectivity index (χ4n) is 4.66. The van der Waals surface area contributed by atoms with E-state index in [2.05, 4.69) is 16.2 Å². The molecule has 3 fully saturated rings. The molecule has 3 aliphatic rings. The zero-order chi connectivity index (χ0) is 19.7. The molecule has 3 unspecified atom stereocenters. The summed E-state index contributed by atoms with van der Waals surface area (Å²) >= 11 is 0. The van der Waals surface area contributed by atoms with Gasteiger partial charge in [0.05, 0.1) is 0 Å². The fraction of sp³-hybridized carbons (Fsp3) is 0.600. The number of rotatable bonds is 3. The van der Waals surface area contributed by atoms with Gasteiger partial charge >= 0.3 is 0 Å². The highest BCUT2D eigenvalue weighted by Gasteiger charge is 2.43. The van der Waals surface area contributed by atoms with E-state index >= 15 is 0 Å². The molecule has 0 bridgehead atoms. The number of hydrazine groups is 1. The number of anilines is 1. The van der Waals surface area contributed by atoms with Crippen molar-refractivity contribution in [1.82, 2.24) is 15.8 Å². The molecule has 3 N–H and O–H groups in total. The van der Waals surface area contributed by atoms with Gasteiger partial charge in [0, 0.05) is 42.7 Å². The molecule has 0 aromatic heterocycles. The van der Waals surface area contributed by atoms with Gasteiger partial charge in [-0.25, -0.2) is 14.2 Å². The van der Waals surface area contributed by atoms with Gasteiger partial charge < -0.3 is 10.2 Å². The van der Waals surface area contributed by atoms with Crippen molar-refractivity contribution in [2.45, 2.75) is 50.6 Å². The first-order chi connectivity index (χ1) is 13.5. The van der Waals surface area contributed by atoms with Crippen LogP contribution in [0.4, 0.5) is 14.5 Å². The molecule has 2 saturated heterocycles. The van der Waals surface area contributed by atoms with Crippen LogP contribution in [-0.4, -0.2) is 41.9 Å². The number of hydrogen-bond acceptors (Lipinski definition) is 4. The van der Waals surface area contributed by atoms with Gasteiger partial charge in [-0.3, -0.25) is 15.0 Å². The lowest BCUT2D eigenvalue weighted by Gasteiger charge is -2.35. The second kappa shape index (κ2) is 8.13. The van der Waals surface area contributed by atoms with E-state index in [1.807, 2.05) is 4.90 Å².